The number of hydrogen-bond donors (Lipinski definition) is 0. The summed E-state index contributed by atoms with van der Waals surface area (Å²) in [6.07, 6.45) is -7.71. The third-order valence-electron chi connectivity index (χ3n) is 5.56. The number of carbonyl (C=O) groups is 1. The Morgan fingerprint density at radius 1 is 0.650 bits per heavy atom. The molecule has 2 aromatic carbocycles. The second-order valence-electron chi connectivity index (χ2n) is 8.18. The van der Waals surface area contributed by atoms with Crippen LogP contribution in [0.15, 0.2) is 73.1 Å². The Labute approximate surface area is 219 Å². The molecule has 9 nitrogen and oxygen atoms in total. The number of alkyl halides is 6. The first-order valence-electron chi connectivity index (χ1n) is 10.9. The molecule has 2 heterocycles. The van der Waals surface area contributed by atoms with Crippen LogP contribution in [0, 0.1) is 20.2 Å². The molecule has 0 unspecified atom stereocenters. The van der Waals surface area contributed by atoms with Crippen molar-refractivity contribution < 1.29 is 41.0 Å². The van der Waals surface area contributed by atoms with Crippen molar-refractivity contribution in [3.8, 4) is 22.5 Å². The maximum Gasteiger partial charge on any atom is 0.416 e. The van der Waals surface area contributed by atoms with Crippen LogP contribution < -0.4 is 0 Å². The molecule has 0 aliphatic heterocycles. The zero-order chi connectivity index (χ0) is 29.4. The molecule has 4 aromatic rings. The van der Waals surface area contributed by atoms with Crippen LogP contribution in [-0.2, 0) is 12.4 Å². The van der Waals surface area contributed by atoms with Crippen LogP contribution in [0.25, 0.3) is 22.5 Å². The highest BCUT2D eigenvalue weighted by molar-refractivity contribution is 6.15. The molecule has 0 saturated heterocycles. The maximum absolute atomic E-state index is 13.6. The number of carbonyl (C=O) groups excluding carboxylic acids is 1. The summed E-state index contributed by atoms with van der Waals surface area (Å²) in [4.78, 5) is 42.0. The highest BCUT2D eigenvalue weighted by Gasteiger charge is 2.35. The standard InChI is InChI=1S/C25H12F6N4O5/c26-24(27,28)15-7-13(9-17(11-15)34(37)38)21-19(3-1-5-32-21)23(36)20-4-2-6-33-22(20)14-8-16(25(29,30)31)12-18(10-14)35(39)40/h1-12H. The molecule has 0 spiro atoms. The van der Waals surface area contributed by atoms with Crippen LogP contribution >= 0.6 is 0 Å². The fourth-order valence-corrected chi connectivity index (χ4v) is 3.82. The molecule has 0 bridgehead atoms. The highest BCUT2D eigenvalue weighted by atomic mass is 19.4. The second kappa shape index (κ2) is 10.2. The quantitative estimate of drug-likeness (QED) is 0.108. The van der Waals surface area contributed by atoms with E-state index in [2.05, 4.69) is 9.97 Å². The highest BCUT2D eigenvalue weighted by Crippen LogP contribution is 2.38. The number of halogens is 6. The summed E-state index contributed by atoms with van der Waals surface area (Å²) >= 11 is 0. The molecule has 0 aliphatic carbocycles. The minimum Gasteiger partial charge on any atom is -0.288 e. The lowest BCUT2D eigenvalue weighted by atomic mass is 9.93. The number of ketones is 1. The molecule has 204 valence electrons. The van der Waals surface area contributed by atoms with Gasteiger partial charge >= 0.3 is 12.4 Å². The van der Waals surface area contributed by atoms with Crippen LogP contribution in [-0.4, -0.2) is 25.6 Å². The van der Waals surface area contributed by atoms with E-state index in [1.807, 2.05) is 0 Å². The van der Waals surface area contributed by atoms with E-state index in [0.717, 1.165) is 36.7 Å². The molecule has 0 saturated carbocycles. The van der Waals surface area contributed by atoms with E-state index in [-0.39, 0.29) is 22.5 Å². The second-order valence-corrected chi connectivity index (χ2v) is 8.18. The van der Waals surface area contributed by atoms with E-state index >= 15 is 0 Å². The van der Waals surface area contributed by atoms with Crippen LogP contribution in [0.5, 0.6) is 0 Å². The Morgan fingerprint density at radius 2 is 1.02 bits per heavy atom. The van der Waals surface area contributed by atoms with Crippen LogP contribution in [0.4, 0.5) is 37.7 Å². The van der Waals surface area contributed by atoms with Gasteiger partial charge in [0.15, 0.2) is 5.78 Å². The van der Waals surface area contributed by atoms with Gasteiger partial charge in [-0.25, -0.2) is 0 Å². The molecular formula is C25H12F6N4O5. The van der Waals surface area contributed by atoms with Crippen molar-refractivity contribution in [2.45, 2.75) is 12.4 Å². The lowest BCUT2D eigenvalue weighted by molar-refractivity contribution is -0.385. The number of non-ortho nitro benzene ring substituents is 2. The number of nitrogens with zero attached hydrogens (tertiary/aromatic N) is 4. The summed E-state index contributed by atoms with van der Waals surface area (Å²) in [5.74, 6) is -0.966. The molecule has 2 aromatic heterocycles. The number of nitro benzene ring substituents is 2. The lowest BCUT2D eigenvalue weighted by Gasteiger charge is -2.14. The summed E-state index contributed by atoms with van der Waals surface area (Å²) < 4.78 is 80.7. The Hall–Kier alpha value is -5.21. The summed E-state index contributed by atoms with van der Waals surface area (Å²) in [5, 5.41) is 22.6. The average molecular weight is 562 g/mol. The van der Waals surface area contributed by atoms with E-state index < -0.39 is 61.6 Å². The lowest BCUT2D eigenvalue weighted by Crippen LogP contribution is -2.10. The van der Waals surface area contributed by atoms with Gasteiger partial charge in [0.05, 0.1) is 32.4 Å². The third kappa shape index (κ3) is 5.62. The van der Waals surface area contributed by atoms with E-state index in [4.69, 9.17) is 0 Å². The molecular weight excluding hydrogens is 550 g/mol. The molecule has 0 atom stereocenters. The Kier molecular flexibility index (Phi) is 7.07. The monoisotopic (exact) mass is 562 g/mol. The fourth-order valence-electron chi connectivity index (χ4n) is 3.82. The van der Waals surface area contributed by atoms with Gasteiger partial charge in [-0.1, -0.05) is 0 Å². The van der Waals surface area contributed by atoms with E-state index in [1.165, 1.54) is 12.1 Å². The number of pyridine rings is 2. The molecule has 4 rings (SSSR count). The molecule has 0 amide bonds. The number of aromatic nitrogens is 2. The normalized spacial score (nSPS) is 11.8. The van der Waals surface area contributed by atoms with Crippen LogP contribution in [0.1, 0.15) is 27.0 Å². The van der Waals surface area contributed by atoms with Gasteiger partial charge < -0.3 is 0 Å². The average Bonchev–Trinajstić information content (AvgIpc) is 2.91. The first-order chi connectivity index (χ1) is 18.7. The predicted octanol–water partition coefficient (Wildman–Crippen LogP) is 6.90. The Bertz CT molecular complexity index is 1550. The van der Waals surface area contributed by atoms with Gasteiger partial charge in [-0.3, -0.25) is 35.0 Å². The molecule has 0 N–H and O–H groups in total. The van der Waals surface area contributed by atoms with Gasteiger partial charge in [0, 0.05) is 58.9 Å². The van der Waals surface area contributed by atoms with Gasteiger partial charge in [0.2, 0.25) is 0 Å². The number of rotatable bonds is 6. The van der Waals surface area contributed by atoms with Gasteiger partial charge in [0.25, 0.3) is 11.4 Å². The molecule has 0 fully saturated rings. The largest absolute Gasteiger partial charge is 0.416 e. The van der Waals surface area contributed by atoms with Gasteiger partial charge in [-0.2, -0.15) is 26.3 Å². The van der Waals surface area contributed by atoms with Gasteiger partial charge in [-0.05, 0) is 36.4 Å². The fraction of sp³-hybridized carbons (Fsp3) is 0.0800. The number of benzene rings is 2. The van der Waals surface area contributed by atoms with Crippen molar-refractivity contribution in [1.29, 1.82) is 0 Å². The smallest absolute Gasteiger partial charge is 0.288 e. The van der Waals surface area contributed by atoms with Gasteiger partial charge in [0.1, 0.15) is 0 Å². The Morgan fingerprint density at radius 3 is 1.35 bits per heavy atom. The number of hydrogen-bond acceptors (Lipinski definition) is 7. The van der Waals surface area contributed by atoms with Crippen molar-refractivity contribution in [3.63, 3.8) is 0 Å². The SMILES string of the molecule is O=C(c1cccnc1-c1cc([N+](=O)[O-])cc(C(F)(F)F)c1)c1cccnc1-c1cc([N+](=O)[O-])cc(C(F)(F)F)c1. The van der Waals surface area contributed by atoms with Crippen molar-refractivity contribution in [3.05, 3.63) is 116 Å². The van der Waals surface area contributed by atoms with E-state index in [0.29, 0.717) is 24.3 Å². The molecule has 15 heteroatoms. The summed E-state index contributed by atoms with van der Waals surface area (Å²) in [6, 6.07) is 8.14. The Balaban J connectivity index is 1.91. The number of nitro groups is 2. The van der Waals surface area contributed by atoms with Crippen molar-refractivity contribution in [1.82, 2.24) is 9.97 Å². The third-order valence-corrected chi connectivity index (χ3v) is 5.56. The first-order valence-corrected chi connectivity index (χ1v) is 10.9. The van der Waals surface area contributed by atoms with Gasteiger partial charge in [-0.15, -0.1) is 0 Å². The van der Waals surface area contributed by atoms with E-state index in [9.17, 15) is 51.4 Å². The predicted molar refractivity (Wildman–Crippen MR) is 126 cm³/mol. The van der Waals surface area contributed by atoms with E-state index in [1.54, 1.807) is 0 Å². The van der Waals surface area contributed by atoms with Crippen molar-refractivity contribution in [2.24, 2.45) is 0 Å². The summed E-state index contributed by atoms with van der Waals surface area (Å²) in [6.45, 7) is 0. The molecule has 0 aliphatic rings. The van der Waals surface area contributed by atoms with Crippen molar-refractivity contribution in [2.75, 3.05) is 0 Å². The zero-order valence-corrected chi connectivity index (χ0v) is 19.5. The van der Waals surface area contributed by atoms with Crippen LogP contribution in [0.3, 0.4) is 0 Å². The van der Waals surface area contributed by atoms with Crippen molar-refractivity contribution >= 4 is 17.2 Å². The maximum atomic E-state index is 13.6. The topological polar surface area (TPSA) is 129 Å². The minimum atomic E-state index is -4.98. The first kappa shape index (κ1) is 27.8. The zero-order valence-electron chi connectivity index (χ0n) is 19.5. The minimum absolute atomic E-state index is 0.313. The summed E-state index contributed by atoms with van der Waals surface area (Å²) in [7, 11) is 0. The van der Waals surface area contributed by atoms with Crippen LogP contribution in [0.2, 0.25) is 0 Å². The summed E-state index contributed by atoms with van der Waals surface area (Å²) in [5.41, 5.74) is -6.93. The molecule has 0 radical (unpaired) electrons. The molecule has 40 heavy (non-hydrogen) atoms.